The minimum Gasteiger partial charge on any atom is -0.343 e. The Morgan fingerprint density at radius 2 is 1.88 bits per heavy atom. The average molecular weight is 342 g/mol. The van der Waals surface area contributed by atoms with Crippen molar-refractivity contribution in [1.82, 2.24) is 19.9 Å². The molecule has 128 valence electrons. The van der Waals surface area contributed by atoms with Crippen molar-refractivity contribution in [3.63, 3.8) is 0 Å². The number of pyridine rings is 1. The molecule has 0 spiro atoms. The number of nitrogens with zero attached hydrogens (tertiary/aromatic N) is 3. The fourth-order valence-electron chi connectivity index (χ4n) is 2.48. The average Bonchev–Trinajstić information content (AvgIpc) is 3.09. The van der Waals surface area contributed by atoms with Crippen LogP contribution in [0.4, 0.5) is 8.78 Å². The summed E-state index contributed by atoms with van der Waals surface area (Å²) in [5.74, 6) is -4.67. The van der Waals surface area contributed by atoms with Gasteiger partial charge in [0.25, 0.3) is 5.91 Å². The first-order valence-electron chi connectivity index (χ1n) is 7.66. The van der Waals surface area contributed by atoms with Crippen LogP contribution in [0.1, 0.15) is 17.1 Å². The first kappa shape index (κ1) is 16.8. The van der Waals surface area contributed by atoms with Gasteiger partial charge in [-0.2, -0.15) is 8.78 Å². The number of carbonyl (C=O) groups excluding carboxylic acids is 1. The zero-order valence-corrected chi connectivity index (χ0v) is 13.5. The number of imidazole rings is 1. The number of halogens is 2. The summed E-state index contributed by atoms with van der Waals surface area (Å²) in [4.78, 5) is 19.8. The van der Waals surface area contributed by atoms with E-state index in [1.807, 2.05) is 30.3 Å². The highest BCUT2D eigenvalue weighted by atomic mass is 19.3. The summed E-state index contributed by atoms with van der Waals surface area (Å²) in [7, 11) is 0. The van der Waals surface area contributed by atoms with Crippen molar-refractivity contribution in [3.05, 3.63) is 78.1 Å². The molecule has 1 amide bonds. The lowest BCUT2D eigenvalue weighted by Gasteiger charge is -2.17. The van der Waals surface area contributed by atoms with Gasteiger partial charge < -0.3 is 9.88 Å². The molecule has 1 N–H and O–H groups in total. The van der Waals surface area contributed by atoms with Crippen molar-refractivity contribution < 1.29 is 13.6 Å². The summed E-state index contributed by atoms with van der Waals surface area (Å²) in [6, 6.07) is 12.3. The summed E-state index contributed by atoms with van der Waals surface area (Å²) in [5, 5.41) is 2.25. The van der Waals surface area contributed by atoms with Gasteiger partial charge in [-0.3, -0.25) is 9.78 Å². The normalized spacial score (nSPS) is 11.3. The van der Waals surface area contributed by atoms with Gasteiger partial charge in [-0.05, 0) is 30.7 Å². The van der Waals surface area contributed by atoms with Crippen LogP contribution in [-0.4, -0.2) is 20.4 Å². The van der Waals surface area contributed by atoms with E-state index < -0.39 is 17.5 Å². The van der Waals surface area contributed by atoms with Crippen molar-refractivity contribution >= 4 is 5.91 Å². The molecule has 3 aromatic rings. The SMILES string of the molecule is Cc1cccnc1C(F)(F)C(=O)NCc1nccn1-c1ccccc1. The Hall–Kier alpha value is -3.09. The Morgan fingerprint density at radius 1 is 1.12 bits per heavy atom. The van der Waals surface area contributed by atoms with Gasteiger partial charge in [0.1, 0.15) is 11.5 Å². The van der Waals surface area contributed by atoms with Crippen LogP contribution >= 0.6 is 0 Å². The van der Waals surface area contributed by atoms with Gasteiger partial charge >= 0.3 is 5.92 Å². The number of hydrogen-bond acceptors (Lipinski definition) is 3. The predicted octanol–water partition coefficient (Wildman–Crippen LogP) is 2.98. The van der Waals surface area contributed by atoms with Gasteiger partial charge in [0.15, 0.2) is 0 Å². The highest BCUT2D eigenvalue weighted by molar-refractivity contribution is 5.84. The lowest BCUT2D eigenvalue weighted by Crippen LogP contribution is -2.39. The number of benzene rings is 1. The predicted molar refractivity (Wildman–Crippen MR) is 88.3 cm³/mol. The standard InChI is InChI=1S/C18H16F2N4O/c1-13-6-5-9-22-16(13)18(19,20)17(25)23-12-15-21-10-11-24(15)14-7-3-2-4-8-14/h2-11H,12H2,1H3,(H,23,25). The van der Waals surface area contributed by atoms with Gasteiger partial charge in [-0.1, -0.05) is 24.3 Å². The Labute approximate surface area is 143 Å². The number of aromatic nitrogens is 3. The number of amides is 1. The number of nitrogens with one attached hydrogen (secondary N) is 1. The smallest absolute Gasteiger partial charge is 0.343 e. The van der Waals surface area contributed by atoms with Crippen LogP contribution in [-0.2, 0) is 17.3 Å². The van der Waals surface area contributed by atoms with Crippen LogP contribution in [0.15, 0.2) is 61.1 Å². The Bertz CT molecular complexity index is 878. The molecule has 0 radical (unpaired) electrons. The molecule has 3 rings (SSSR count). The maximum Gasteiger partial charge on any atom is 0.366 e. The van der Waals surface area contributed by atoms with Crippen LogP contribution in [0.25, 0.3) is 5.69 Å². The van der Waals surface area contributed by atoms with Crippen LogP contribution in [0.3, 0.4) is 0 Å². The first-order chi connectivity index (χ1) is 12.0. The molecule has 0 aliphatic heterocycles. The van der Waals surface area contributed by atoms with Crippen molar-refractivity contribution in [2.45, 2.75) is 19.4 Å². The fourth-order valence-corrected chi connectivity index (χ4v) is 2.48. The van der Waals surface area contributed by atoms with Crippen molar-refractivity contribution in [2.75, 3.05) is 0 Å². The van der Waals surface area contributed by atoms with Gasteiger partial charge in [0.2, 0.25) is 0 Å². The van der Waals surface area contributed by atoms with Gasteiger partial charge in [-0.15, -0.1) is 0 Å². The summed E-state index contributed by atoms with van der Waals surface area (Å²) in [6.07, 6.45) is 4.50. The molecule has 5 nitrogen and oxygen atoms in total. The Balaban J connectivity index is 1.76. The highest BCUT2D eigenvalue weighted by Crippen LogP contribution is 2.28. The monoisotopic (exact) mass is 342 g/mol. The van der Waals surface area contributed by atoms with E-state index in [4.69, 9.17) is 0 Å². The second-order valence-corrected chi connectivity index (χ2v) is 5.47. The van der Waals surface area contributed by atoms with E-state index in [1.54, 1.807) is 23.0 Å². The minimum atomic E-state index is -3.71. The van der Waals surface area contributed by atoms with E-state index in [-0.39, 0.29) is 12.1 Å². The molecule has 0 aliphatic carbocycles. The third kappa shape index (κ3) is 3.40. The van der Waals surface area contributed by atoms with Crippen LogP contribution in [0.2, 0.25) is 0 Å². The van der Waals surface area contributed by atoms with Crippen molar-refractivity contribution in [1.29, 1.82) is 0 Å². The molecule has 0 fully saturated rings. The quantitative estimate of drug-likeness (QED) is 0.775. The molecule has 0 unspecified atom stereocenters. The van der Waals surface area contributed by atoms with E-state index in [9.17, 15) is 13.6 Å². The lowest BCUT2D eigenvalue weighted by atomic mass is 10.1. The zero-order chi connectivity index (χ0) is 17.9. The molecule has 0 atom stereocenters. The molecular weight excluding hydrogens is 326 g/mol. The van der Waals surface area contributed by atoms with Gasteiger partial charge in [0.05, 0.1) is 6.54 Å². The number of alkyl halides is 2. The first-order valence-corrected chi connectivity index (χ1v) is 7.66. The lowest BCUT2D eigenvalue weighted by molar-refractivity contribution is -0.147. The van der Waals surface area contributed by atoms with Crippen molar-refractivity contribution in [2.24, 2.45) is 0 Å². The van der Waals surface area contributed by atoms with E-state index in [0.29, 0.717) is 5.82 Å². The topological polar surface area (TPSA) is 59.8 Å². The molecule has 7 heteroatoms. The number of aryl methyl sites for hydroxylation is 1. The molecule has 0 aliphatic rings. The second kappa shape index (κ2) is 6.80. The van der Waals surface area contributed by atoms with E-state index in [0.717, 1.165) is 5.69 Å². The number of para-hydroxylation sites is 1. The summed E-state index contributed by atoms with van der Waals surface area (Å²) < 4.78 is 30.4. The van der Waals surface area contributed by atoms with Crippen LogP contribution in [0, 0.1) is 6.92 Å². The molecular formula is C18H16F2N4O. The molecule has 0 saturated heterocycles. The molecule has 25 heavy (non-hydrogen) atoms. The summed E-state index contributed by atoms with van der Waals surface area (Å²) in [6.45, 7) is 1.37. The third-order valence-corrected chi connectivity index (χ3v) is 3.75. The maximum atomic E-state index is 14.4. The summed E-state index contributed by atoms with van der Waals surface area (Å²) >= 11 is 0. The van der Waals surface area contributed by atoms with E-state index in [1.165, 1.54) is 19.2 Å². The Morgan fingerprint density at radius 3 is 2.60 bits per heavy atom. The van der Waals surface area contributed by atoms with Crippen LogP contribution < -0.4 is 5.32 Å². The number of rotatable bonds is 5. The molecule has 0 saturated carbocycles. The molecule has 1 aromatic carbocycles. The maximum absolute atomic E-state index is 14.4. The largest absolute Gasteiger partial charge is 0.366 e. The molecule has 2 aromatic heterocycles. The number of carbonyl (C=O) groups is 1. The van der Waals surface area contributed by atoms with E-state index in [2.05, 4.69) is 15.3 Å². The highest BCUT2D eigenvalue weighted by Gasteiger charge is 2.43. The molecule has 2 heterocycles. The zero-order valence-electron chi connectivity index (χ0n) is 13.5. The fraction of sp³-hybridized carbons (Fsp3) is 0.167. The van der Waals surface area contributed by atoms with Crippen LogP contribution in [0.5, 0.6) is 0 Å². The molecule has 0 bridgehead atoms. The second-order valence-electron chi connectivity index (χ2n) is 5.47. The minimum absolute atomic E-state index is 0.123. The van der Waals surface area contributed by atoms with Gasteiger partial charge in [0, 0.05) is 24.3 Å². The van der Waals surface area contributed by atoms with E-state index >= 15 is 0 Å². The third-order valence-electron chi connectivity index (χ3n) is 3.75. The van der Waals surface area contributed by atoms with Gasteiger partial charge in [-0.25, -0.2) is 4.98 Å². The Kier molecular flexibility index (Phi) is 4.56. The van der Waals surface area contributed by atoms with Crippen molar-refractivity contribution in [3.8, 4) is 5.69 Å². The number of hydrogen-bond donors (Lipinski definition) is 1. The summed E-state index contributed by atoms with van der Waals surface area (Å²) in [5.41, 5.74) is 0.545.